The van der Waals surface area contributed by atoms with Crippen molar-refractivity contribution in [1.82, 2.24) is 0 Å². The molecule has 1 N–H and O–H groups in total. The van der Waals surface area contributed by atoms with E-state index in [9.17, 15) is 23.1 Å². The largest absolute Gasteiger partial charge is 0.450 e. The second-order valence-corrected chi connectivity index (χ2v) is 5.64. The summed E-state index contributed by atoms with van der Waals surface area (Å²) in [5, 5.41) is 9.40. The molecule has 0 bridgehead atoms. The summed E-state index contributed by atoms with van der Waals surface area (Å²) in [6.45, 7) is 3.17. The zero-order valence-electron chi connectivity index (χ0n) is 11.4. The fraction of sp³-hybridized carbons (Fsp3) is 0.917. The molecule has 1 rings (SSSR count). The van der Waals surface area contributed by atoms with Gasteiger partial charge in [-0.05, 0) is 27.2 Å². The fourth-order valence-corrected chi connectivity index (χ4v) is 1.55. The van der Waals surface area contributed by atoms with Crippen LogP contribution in [0.5, 0.6) is 0 Å². The van der Waals surface area contributed by atoms with Gasteiger partial charge in [-0.3, -0.25) is 4.79 Å². The van der Waals surface area contributed by atoms with Gasteiger partial charge in [-0.1, -0.05) is 6.92 Å². The number of esters is 1. The van der Waals surface area contributed by atoms with E-state index in [0.717, 1.165) is 6.92 Å². The van der Waals surface area contributed by atoms with E-state index in [-0.39, 0.29) is 0 Å². The van der Waals surface area contributed by atoms with Gasteiger partial charge in [0.1, 0.15) is 6.67 Å². The molecule has 112 valence electrons. The van der Waals surface area contributed by atoms with Crippen LogP contribution >= 0.6 is 0 Å². The summed E-state index contributed by atoms with van der Waals surface area (Å²) in [5.41, 5.74) is -3.34. The molecule has 0 amide bonds. The van der Waals surface area contributed by atoms with E-state index in [1.807, 2.05) is 0 Å². The SMILES string of the molecule is CCC(C)(C)C(=O)OC1(C)COC(O)(CF)C1(F)F. The van der Waals surface area contributed by atoms with Crippen molar-refractivity contribution in [3.05, 3.63) is 0 Å². The highest BCUT2D eigenvalue weighted by Crippen LogP contribution is 2.48. The smallest absolute Gasteiger partial charge is 0.343 e. The first-order valence-electron chi connectivity index (χ1n) is 5.99. The predicted octanol–water partition coefficient (Wildman–Crippen LogP) is 2.05. The van der Waals surface area contributed by atoms with Gasteiger partial charge in [-0.25, -0.2) is 4.39 Å². The van der Waals surface area contributed by atoms with Crippen LogP contribution in [0.1, 0.15) is 34.1 Å². The van der Waals surface area contributed by atoms with Crippen LogP contribution < -0.4 is 0 Å². The molecule has 0 spiro atoms. The topological polar surface area (TPSA) is 55.8 Å². The molecule has 2 atom stereocenters. The Balaban J connectivity index is 2.99. The van der Waals surface area contributed by atoms with Gasteiger partial charge in [0.15, 0.2) is 0 Å². The average Bonchev–Trinajstić information content (AvgIpc) is 2.51. The van der Waals surface area contributed by atoms with Gasteiger partial charge in [0.2, 0.25) is 5.60 Å². The van der Waals surface area contributed by atoms with E-state index in [1.165, 1.54) is 0 Å². The molecular weight excluding hydrogens is 265 g/mol. The maximum absolute atomic E-state index is 14.0. The Bertz CT molecular complexity index is 372. The molecule has 1 aliphatic heterocycles. The lowest BCUT2D eigenvalue weighted by Gasteiger charge is -2.35. The number of hydrogen-bond acceptors (Lipinski definition) is 4. The molecular formula is C12H19F3O4. The third-order valence-electron chi connectivity index (χ3n) is 3.68. The lowest BCUT2D eigenvalue weighted by Crippen LogP contribution is -2.58. The molecule has 0 radical (unpaired) electrons. The number of rotatable bonds is 4. The van der Waals surface area contributed by atoms with Crippen LogP contribution in [-0.4, -0.2) is 41.7 Å². The molecule has 2 unspecified atom stereocenters. The molecule has 7 heteroatoms. The number of aliphatic hydroxyl groups is 1. The normalized spacial score (nSPS) is 34.3. The van der Waals surface area contributed by atoms with Crippen molar-refractivity contribution in [3.63, 3.8) is 0 Å². The Morgan fingerprint density at radius 2 is 2.00 bits per heavy atom. The Kier molecular flexibility index (Phi) is 3.95. The monoisotopic (exact) mass is 284 g/mol. The van der Waals surface area contributed by atoms with Crippen molar-refractivity contribution in [3.8, 4) is 0 Å². The minimum absolute atomic E-state index is 0.391. The number of hydrogen-bond donors (Lipinski definition) is 1. The van der Waals surface area contributed by atoms with E-state index >= 15 is 0 Å². The standard InChI is InChI=1S/C12H19F3O4/c1-5-9(2,3)8(16)19-10(4)7-18-11(17,6-13)12(10,14)15/h17H,5-7H2,1-4H3. The maximum Gasteiger partial charge on any atom is 0.343 e. The van der Waals surface area contributed by atoms with Gasteiger partial charge in [0.25, 0.3) is 5.79 Å². The predicted molar refractivity (Wildman–Crippen MR) is 60.4 cm³/mol. The molecule has 1 fully saturated rings. The van der Waals surface area contributed by atoms with Gasteiger partial charge >= 0.3 is 11.9 Å². The van der Waals surface area contributed by atoms with E-state index in [1.54, 1.807) is 20.8 Å². The van der Waals surface area contributed by atoms with Crippen molar-refractivity contribution in [1.29, 1.82) is 0 Å². The highest BCUT2D eigenvalue weighted by Gasteiger charge is 2.73. The number of halogens is 3. The Hall–Kier alpha value is -0.820. The van der Waals surface area contributed by atoms with E-state index in [4.69, 9.17) is 4.74 Å². The van der Waals surface area contributed by atoms with Crippen LogP contribution in [-0.2, 0) is 14.3 Å². The van der Waals surface area contributed by atoms with E-state index in [2.05, 4.69) is 4.74 Å². The van der Waals surface area contributed by atoms with Crippen LogP contribution in [0.25, 0.3) is 0 Å². The molecule has 1 saturated heterocycles. The van der Waals surface area contributed by atoms with Gasteiger partial charge in [-0.15, -0.1) is 0 Å². The highest BCUT2D eigenvalue weighted by molar-refractivity contribution is 5.76. The third kappa shape index (κ3) is 2.33. The van der Waals surface area contributed by atoms with E-state index < -0.39 is 42.0 Å². The molecule has 1 heterocycles. The van der Waals surface area contributed by atoms with Crippen molar-refractivity contribution >= 4 is 5.97 Å². The van der Waals surface area contributed by atoms with Crippen LogP contribution in [0, 0.1) is 5.41 Å². The first-order valence-corrected chi connectivity index (χ1v) is 5.99. The molecule has 0 aromatic rings. The Labute approximate surface area is 109 Å². The highest BCUT2D eigenvalue weighted by atomic mass is 19.3. The second-order valence-electron chi connectivity index (χ2n) is 5.64. The zero-order chi connectivity index (χ0) is 15.1. The summed E-state index contributed by atoms with van der Waals surface area (Å²) in [7, 11) is 0. The lowest BCUT2D eigenvalue weighted by atomic mass is 9.89. The number of alkyl halides is 3. The summed E-state index contributed by atoms with van der Waals surface area (Å²) in [5.74, 6) is -8.13. The zero-order valence-corrected chi connectivity index (χ0v) is 11.4. The number of carbonyl (C=O) groups excluding carboxylic acids is 1. The van der Waals surface area contributed by atoms with Crippen LogP contribution in [0.3, 0.4) is 0 Å². The minimum atomic E-state index is -4.03. The molecule has 0 aliphatic carbocycles. The minimum Gasteiger partial charge on any atom is -0.450 e. The van der Waals surface area contributed by atoms with Gasteiger partial charge in [0, 0.05) is 0 Å². The molecule has 19 heavy (non-hydrogen) atoms. The molecule has 0 aromatic heterocycles. The molecule has 1 aliphatic rings. The Morgan fingerprint density at radius 3 is 2.37 bits per heavy atom. The fourth-order valence-electron chi connectivity index (χ4n) is 1.55. The van der Waals surface area contributed by atoms with Crippen molar-refractivity contribution in [2.75, 3.05) is 13.3 Å². The quantitative estimate of drug-likeness (QED) is 0.803. The first-order chi connectivity index (χ1) is 8.46. The van der Waals surface area contributed by atoms with Gasteiger partial charge < -0.3 is 14.6 Å². The first kappa shape index (κ1) is 16.2. The molecule has 0 saturated carbocycles. The van der Waals surface area contributed by atoms with Crippen LogP contribution in [0.2, 0.25) is 0 Å². The second kappa shape index (κ2) is 4.63. The number of carbonyl (C=O) groups is 1. The maximum atomic E-state index is 14.0. The van der Waals surface area contributed by atoms with Gasteiger partial charge in [0.05, 0.1) is 12.0 Å². The summed E-state index contributed by atoms with van der Waals surface area (Å²) >= 11 is 0. The van der Waals surface area contributed by atoms with Crippen LogP contribution in [0.4, 0.5) is 13.2 Å². The van der Waals surface area contributed by atoms with Gasteiger partial charge in [-0.2, -0.15) is 8.78 Å². The number of ether oxygens (including phenoxy) is 2. The van der Waals surface area contributed by atoms with Crippen molar-refractivity contribution in [2.24, 2.45) is 5.41 Å². The van der Waals surface area contributed by atoms with Crippen LogP contribution in [0.15, 0.2) is 0 Å². The summed E-state index contributed by atoms with van der Waals surface area (Å²) in [4.78, 5) is 11.9. The van der Waals surface area contributed by atoms with Crippen molar-refractivity contribution in [2.45, 2.75) is 51.4 Å². The Morgan fingerprint density at radius 1 is 1.47 bits per heavy atom. The van der Waals surface area contributed by atoms with E-state index in [0.29, 0.717) is 6.42 Å². The summed E-state index contributed by atoms with van der Waals surface area (Å²) in [6, 6.07) is 0. The summed E-state index contributed by atoms with van der Waals surface area (Å²) in [6.07, 6.45) is 0.391. The molecule has 4 nitrogen and oxygen atoms in total. The average molecular weight is 284 g/mol. The summed E-state index contributed by atoms with van der Waals surface area (Å²) < 4.78 is 49.8. The third-order valence-corrected chi connectivity index (χ3v) is 3.68. The van der Waals surface area contributed by atoms with Crippen molar-refractivity contribution < 1.29 is 32.5 Å². The molecule has 0 aromatic carbocycles. The lowest BCUT2D eigenvalue weighted by molar-refractivity contribution is -0.298.